The first-order valence-corrected chi connectivity index (χ1v) is 10.3. The minimum absolute atomic E-state index is 0.183. The van der Waals surface area contributed by atoms with E-state index in [2.05, 4.69) is 86.1 Å². The third-order valence-corrected chi connectivity index (χ3v) is 5.77. The lowest BCUT2D eigenvalue weighted by atomic mass is 9.67. The highest BCUT2D eigenvalue weighted by atomic mass is 15.4. The van der Waals surface area contributed by atoms with Crippen LogP contribution in [-0.4, -0.2) is 13.2 Å². The highest BCUT2D eigenvalue weighted by molar-refractivity contribution is 5.86. The topological polar surface area (TPSA) is 6.48 Å². The van der Waals surface area contributed by atoms with Gasteiger partial charge in [-0.15, -0.1) is 0 Å². The molecule has 0 amide bonds. The van der Waals surface area contributed by atoms with Crippen molar-refractivity contribution >= 4 is 17.1 Å². The van der Waals surface area contributed by atoms with E-state index in [4.69, 9.17) is 0 Å². The van der Waals surface area contributed by atoms with Gasteiger partial charge in [-0.05, 0) is 35.6 Å². The van der Waals surface area contributed by atoms with E-state index in [1.54, 1.807) is 0 Å². The van der Waals surface area contributed by atoms with Crippen molar-refractivity contribution in [2.24, 2.45) is 5.92 Å². The lowest BCUT2D eigenvalue weighted by Crippen LogP contribution is -2.54. The van der Waals surface area contributed by atoms with Crippen molar-refractivity contribution in [3.63, 3.8) is 0 Å². The van der Waals surface area contributed by atoms with Crippen molar-refractivity contribution < 1.29 is 0 Å². The molecule has 2 heteroatoms. The van der Waals surface area contributed by atoms with Crippen molar-refractivity contribution in [2.75, 3.05) is 16.8 Å². The molecule has 2 aromatic rings. The number of anilines is 3. The van der Waals surface area contributed by atoms with Gasteiger partial charge in [0.25, 0.3) is 0 Å². The predicted octanol–water partition coefficient (Wildman–Crippen LogP) is 6.97. The second kappa shape index (κ2) is 8.16. The van der Waals surface area contributed by atoms with Crippen molar-refractivity contribution in [1.82, 2.24) is 0 Å². The summed E-state index contributed by atoms with van der Waals surface area (Å²) >= 11 is 0. The van der Waals surface area contributed by atoms with Gasteiger partial charge in [0.1, 0.15) is 6.17 Å². The first-order valence-electron chi connectivity index (χ1n) is 10.3. The number of benzene rings is 2. The second-order valence-corrected chi connectivity index (χ2v) is 7.14. The summed E-state index contributed by atoms with van der Waals surface area (Å²) in [5.41, 5.74) is 5.72. The van der Waals surface area contributed by atoms with Gasteiger partial charge in [0, 0.05) is 18.7 Å². The maximum absolute atomic E-state index is 2.56. The molecule has 0 fully saturated rings. The van der Waals surface area contributed by atoms with Gasteiger partial charge in [0.2, 0.25) is 0 Å². The summed E-state index contributed by atoms with van der Waals surface area (Å²) in [5.74, 6) is 0.597. The molecule has 0 aliphatic carbocycles. The number of para-hydroxylation sites is 3. The fraction of sp³-hybridized carbons (Fsp3) is 0.500. The van der Waals surface area contributed by atoms with E-state index in [9.17, 15) is 0 Å². The maximum Gasteiger partial charge on any atom is 0.110 e. The zero-order chi connectivity index (χ0) is 19.5. The van der Waals surface area contributed by atoms with E-state index in [1.807, 2.05) is 27.7 Å². The molecule has 142 valence electrons. The summed E-state index contributed by atoms with van der Waals surface area (Å²) in [6.07, 6.45) is 1.59. The average Bonchev–Trinajstić information content (AvgIpc) is 2.98. The zero-order valence-electron chi connectivity index (χ0n) is 17.9. The molecular formula is C24H36N2. The molecule has 1 unspecified atom stereocenters. The van der Waals surface area contributed by atoms with Crippen LogP contribution in [0.4, 0.5) is 17.1 Å². The van der Waals surface area contributed by atoms with Crippen molar-refractivity contribution in [3.8, 4) is 0 Å². The standard InChI is InChI=1S/C20H24N2.2C2H6/c1-5-14-19-21(4)17-12-8-9-13-18(17)22(19)16-11-7-6-10-15(16)20(14,2)3;2*1-2/h6-14,19H,5H2,1-4H3;2*1-2H3/t14-,19?;;/m0../s1. The zero-order valence-corrected chi connectivity index (χ0v) is 17.9. The lowest BCUT2D eigenvalue weighted by Gasteiger charge is -2.50. The molecule has 0 saturated carbocycles. The monoisotopic (exact) mass is 352 g/mol. The van der Waals surface area contributed by atoms with E-state index < -0.39 is 0 Å². The molecule has 0 spiro atoms. The van der Waals surface area contributed by atoms with Crippen molar-refractivity contribution in [1.29, 1.82) is 0 Å². The Bertz CT molecular complexity index is 720. The Kier molecular flexibility index (Phi) is 6.39. The van der Waals surface area contributed by atoms with Crippen LogP contribution < -0.4 is 9.80 Å². The predicted molar refractivity (Wildman–Crippen MR) is 117 cm³/mol. The van der Waals surface area contributed by atoms with Crippen molar-refractivity contribution in [3.05, 3.63) is 54.1 Å². The van der Waals surface area contributed by atoms with Gasteiger partial charge in [-0.3, -0.25) is 0 Å². The molecule has 0 radical (unpaired) electrons. The molecule has 26 heavy (non-hydrogen) atoms. The minimum atomic E-state index is 0.183. The van der Waals surface area contributed by atoms with Gasteiger partial charge in [0.15, 0.2) is 0 Å². The molecule has 2 aliphatic rings. The summed E-state index contributed by atoms with van der Waals surface area (Å²) in [6, 6.07) is 17.7. The van der Waals surface area contributed by atoms with Gasteiger partial charge in [-0.2, -0.15) is 0 Å². The van der Waals surface area contributed by atoms with Gasteiger partial charge in [-0.1, -0.05) is 78.8 Å². The molecule has 0 bridgehead atoms. The molecule has 2 aromatic carbocycles. The Morgan fingerprint density at radius 1 is 0.808 bits per heavy atom. The molecule has 0 N–H and O–H groups in total. The first-order chi connectivity index (χ1) is 12.6. The van der Waals surface area contributed by atoms with Crippen LogP contribution >= 0.6 is 0 Å². The number of rotatable bonds is 1. The Hall–Kier alpha value is -1.96. The van der Waals surface area contributed by atoms with Crippen LogP contribution in [0.1, 0.15) is 60.5 Å². The fourth-order valence-electron chi connectivity index (χ4n) is 4.67. The van der Waals surface area contributed by atoms with E-state index in [0.29, 0.717) is 12.1 Å². The molecule has 0 saturated heterocycles. The van der Waals surface area contributed by atoms with Gasteiger partial charge in [0.05, 0.1) is 11.4 Å². The second-order valence-electron chi connectivity index (χ2n) is 7.14. The molecular weight excluding hydrogens is 316 g/mol. The SMILES string of the molecule is CC.CC.CC[C@H]1C2N(C)c3ccccc3N2c2ccccc2C1(C)C. The molecule has 2 nitrogen and oxygen atoms in total. The van der Waals surface area contributed by atoms with Crippen LogP contribution in [0.25, 0.3) is 0 Å². The van der Waals surface area contributed by atoms with Crippen LogP contribution in [0.2, 0.25) is 0 Å². The molecule has 2 heterocycles. The number of hydrogen-bond donors (Lipinski definition) is 0. The van der Waals surface area contributed by atoms with Gasteiger partial charge >= 0.3 is 0 Å². The highest BCUT2D eigenvalue weighted by Crippen LogP contribution is 2.55. The largest absolute Gasteiger partial charge is 0.352 e. The fourth-order valence-corrected chi connectivity index (χ4v) is 4.67. The van der Waals surface area contributed by atoms with Gasteiger partial charge in [-0.25, -0.2) is 0 Å². The normalized spacial score (nSPS) is 21.4. The third kappa shape index (κ3) is 2.90. The summed E-state index contributed by atoms with van der Waals surface area (Å²) in [5, 5.41) is 0. The number of fused-ring (bicyclic) bond motifs is 5. The minimum Gasteiger partial charge on any atom is -0.352 e. The van der Waals surface area contributed by atoms with Crippen LogP contribution in [-0.2, 0) is 5.41 Å². The molecule has 4 rings (SSSR count). The average molecular weight is 353 g/mol. The number of hydrogen-bond acceptors (Lipinski definition) is 2. The highest BCUT2D eigenvalue weighted by Gasteiger charge is 2.50. The summed E-state index contributed by atoms with van der Waals surface area (Å²) in [7, 11) is 2.25. The Morgan fingerprint density at radius 2 is 1.31 bits per heavy atom. The summed E-state index contributed by atoms with van der Waals surface area (Å²) in [6.45, 7) is 15.2. The van der Waals surface area contributed by atoms with Gasteiger partial charge < -0.3 is 9.80 Å². The molecule has 2 atom stereocenters. The Morgan fingerprint density at radius 3 is 1.88 bits per heavy atom. The summed E-state index contributed by atoms with van der Waals surface area (Å²) in [4.78, 5) is 5.03. The van der Waals surface area contributed by atoms with E-state index >= 15 is 0 Å². The van der Waals surface area contributed by atoms with E-state index in [1.165, 1.54) is 29.0 Å². The Balaban J connectivity index is 0.000000570. The maximum atomic E-state index is 2.56. The number of nitrogens with zero attached hydrogens (tertiary/aromatic N) is 2. The summed E-state index contributed by atoms with van der Waals surface area (Å²) < 4.78 is 0. The van der Waals surface area contributed by atoms with Crippen molar-refractivity contribution in [2.45, 2.75) is 66.5 Å². The Labute approximate surface area is 160 Å². The molecule has 0 aromatic heterocycles. The molecule has 2 aliphatic heterocycles. The first kappa shape index (κ1) is 20.4. The van der Waals surface area contributed by atoms with Crippen LogP contribution in [0.3, 0.4) is 0 Å². The smallest absolute Gasteiger partial charge is 0.110 e. The quantitative estimate of drug-likeness (QED) is 0.547. The van der Waals surface area contributed by atoms with E-state index in [-0.39, 0.29) is 5.41 Å². The van der Waals surface area contributed by atoms with Crippen LogP contribution in [0.15, 0.2) is 48.5 Å². The van der Waals surface area contributed by atoms with E-state index in [0.717, 1.165) is 0 Å². The third-order valence-electron chi connectivity index (χ3n) is 5.77. The van der Waals surface area contributed by atoms with Crippen LogP contribution in [0, 0.1) is 5.92 Å². The lowest BCUT2D eigenvalue weighted by molar-refractivity contribution is 0.246. The van der Waals surface area contributed by atoms with Crippen LogP contribution in [0.5, 0.6) is 0 Å².